The molecule has 37 heavy (non-hydrogen) atoms. The highest BCUT2D eigenvalue weighted by atomic mass is 19.4. The maximum atomic E-state index is 12.8. The van der Waals surface area contributed by atoms with Crippen molar-refractivity contribution in [1.82, 2.24) is 9.55 Å². The number of carbonyl (C=O) groups is 2. The summed E-state index contributed by atoms with van der Waals surface area (Å²) < 4.78 is 50.3. The number of hydrogen-bond acceptors (Lipinski definition) is 5. The number of carbonyl (C=O) groups excluding carboxylic acids is 2. The summed E-state index contributed by atoms with van der Waals surface area (Å²) in [5, 5.41) is 3.29. The number of nitrogens with zero attached hydrogens (tertiary/aromatic N) is 2. The van der Waals surface area contributed by atoms with Crippen molar-refractivity contribution < 1.29 is 32.2 Å². The average Bonchev–Trinajstić information content (AvgIpc) is 3.09. The molecule has 1 N–H and O–H groups in total. The van der Waals surface area contributed by atoms with E-state index in [1.54, 1.807) is 59.8 Å². The second-order valence-corrected chi connectivity index (χ2v) is 10.4. The summed E-state index contributed by atoms with van der Waals surface area (Å²) in [4.78, 5) is 29.1. The fourth-order valence-corrected chi connectivity index (χ4v) is 3.37. The van der Waals surface area contributed by atoms with Gasteiger partial charge >= 0.3 is 18.4 Å². The Bertz CT molecular complexity index is 1310. The number of benzene rings is 1. The van der Waals surface area contributed by atoms with Crippen molar-refractivity contribution in [3.8, 4) is 0 Å². The smallest absolute Gasteiger partial charge is 0.419 e. The molecule has 0 radical (unpaired) electrons. The molecule has 3 rings (SSSR count). The first-order valence-corrected chi connectivity index (χ1v) is 11.6. The number of halogens is 3. The monoisotopic (exact) mass is 517 g/mol. The van der Waals surface area contributed by atoms with Crippen LogP contribution >= 0.6 is 0 Å². The van der Waals surface area contributed by atoms with Gasteiger partial charge in [0.1, 0.15) is 11.2 Å². The minimum absolute atomic E-state index is 0.366. The number of allylic oxidation sites excluding steroid dienone is 1. The third kappa shape index (κ3) is 7.83. The molecular weight excluding hydrogens is 487 g/mol. The van der Waals surface area contributed by atoms with Crippen LogP contribution in [0.25, 0.3) is 17.0 Å². The first kappa shape index (κ1) is 27.8. The molecule has 0 aliphatic carbocycles. The molecule has 0 atom stereocenters. The summed E-state index contributed by atoms with van der Waals surface area (Å²) >= 11 is 0. The predicted molar refractivity (Wildman–Crippen MR) is 135 cm³/mol. The number of anilines is 1. The Morgan fingerprint density at radius 1 is 1.00 bits per heavy atom. The molecule has 0 aliphatic heterocycles. The Labute approximate surface area is 213 Å². The largest absolute Gasteiger partial charge is 0.444 e. The summed E-state index contributed by atoms with van der Waals surface area (Å²) in [6, 6.07) is 7.64. The fourth-order valence-electron chi connectivity index (χ4n) is 3.37. The molecule has 0 fully saturated rings. The molecule has 2 heterocycles. The van der Waals surface area contributed by atoms with Crippen molar-refractivity contribution in [2.45, 2.75) is 65.3 Å². The van der Waals surface area contributed by atoms with Crippen LogP contribution in [-0.2, 0) is 22.1 Å². The zero-order valence-electron chi connectivity index (χ0n) is 21.6. The van der Waals surface area contributed by atoms with Crippen LogP contribution < -0.4 is 5.32 Å². The molecule has 0 saturated heterocycles. The van der Waals surface area contributed by atoms with E-state index in [-0.39, 0.29) is 0 Å². The lowest BCUT2D eigenvalue weighted by atomic mass is 10.1. The van der Waals surface area contributed by atoms with E-state index in [2.05, 4.69) is 10.3 Å². The van der Waals surface area contributed by atoms with Crippen LogP contribution in [0, 0.1) is 0 Å². The molecule has 0 saturated carbocycles. The van der Waals surface area contributed by atoms with Crippen LogP contribution in [0.2, 0.25) is 0 Å². The first-order valence-electron chi connectivity index (χ1n) is 11.6. The van der Waals surface area contributed by atoms with E-state index in [9.17, 15) is 22.8 Å². The summed E-state index contributed by atoms with van der Waals surface area (Å²) in [6.45, 7) is 10.5. The Balaban J connectivity index is 1.88. The average molecular weight is 518 g/mol. The molecule has 198 valence electrons. The molecular formula is C27H30F3N3O4. The number of hydrogen-bond donors (Lipinski definition) is 1. The lowest BCUT2D eigenvalue weighted by Gasteiger charge is -2.20. The van der Waals surface area contributed by atoms with Gasteiger partial charge in [0.25, 0.3) is 0 Å². The van der Waals surface area contributed by atoms with Gasteiger partial charge in [-0.3, -0.25) is 14.9 Å². The van der Waals surface area contributed by atoms with Gasteiger partial charge in [0, 0.05) is 17.8 Å². The van der Waals surface area contributed by atoms with Crippen LogP contribution in [0.3, 0.4) is 0 Å². The molecule has 3 aromatic rings. The van der Waals surface area contributed by atoms with Crippen molar-refractivity contribution in [2.24, 2.45) is 0 Å². The third-order valence-electron chi connectivity index (χ3n) is 4.85. The minimum Gasteiger partial charge on any atom is -0.444 e. The molecule has 1 amide bonds. The van der Waals surface area contributed by atoms with E-state index < -0.39 is 35.1 Å². The first-order chi connectivity index (χ1) is 17.0. The number of aromatic nitrogens is 2. The van der Waals surface area contributed by atoms with Crippen LogP contribution in [0.15, 0.2) is 48.8 Å². The van der Waals surface area contributed by atoms with E-state index >= 15 is 0 Å². The molecule has 0 spiro atoms. The standard InChI is InChI=1S/C27H30F3N3O4/c1-25(2,3)36-23(34)32-21-16-33(24(35)37-26(4,5)6)22-13-10-17(14-20(21)22)8-7-9-19-12-11-18(15-31-19)27(28,29)30/h7,9-16H,8H2,1-6H3,(H,32,34). The zero-order valence-corrected chi connectivity index (χ0v) is 21.6. The molecule has 7 nitrogen and oxygen atoms in total. The normalized spacial score (nSPS) is 12.7. The lowest BCUT2D eigenvalue weighted by Crippen LogP contribution is -2.27. The van der Waals surface area contributed by atoms with Crippen molar-refractivity contribution in [2.75, 3.05) is 5.32 Å². The highest BCUT2D eigenvalue weighted by Crippen LogP contribution is 2.30. The summed E-state index contributed by atoms with van der Waals surface area (Å²) in [5.74, 6) is 0. The number of pyridine rings is 1. The van der Waals surface area contributed by atoms with Gasteiger partial charge in [-0.15, -0.1) is 0 Å². The molecule has 10 heteroatoms. The van der Waals surface area contributed by atoms with Crippen molar-refractivity contribution in [1.29, 1.82) is 0 Å². The Kier molecular flexibility index (Phi) is 7.71. The Hall–Kier alpha value is -3.82. The van der Waals surface area contributed by atoms with E-state index in [1.807, 2.05) is 12.1 Å². The number of alkyl halides is 3. The molecule has 1 aromatic carbocycles. The fraction of sp³-hybridized carbons (Fsp3) is 0.370. The lowest BCUT2D eigenvalue weighted by molar-refractivity contribution is -0.137. The Morgan fingerprint density at radius 2 is 1.68 bits per heavy atom. The van der Waals surface area contributed by atoms with Crippen LogP contribution in [0.4, 0.5) is 28.4 Å². The van der Waals surface area contributed by atoms with E-state index in [1.165, 1.54) is 16.8 Å². The second kappa shape index (κ2) is 10.3. The number of fused-ring (bicyclic) bond motifs is 1. The van der Waals surface area contributed by atoms with Gasteiger partial charge in [0.2, 0.25) is 0 Å². The van der Waals surface area contributed by atoms with Crippen molar-refractivity contribution in [3.05, 3.63) is 65.6 Å². The molecule has 0 unspecified atom stereocenters. The predicted octanol–water partition coefficient (Wildman–Crippen LogP) is 7.44. The van der Waals surface area contributed by atoms with Gasteiger partial charge in [0.05, 0.1) is 22.5 Å². The third-order valence-corrected chi connectivity index (χ3v) is 4.85. The zero-order chi connectivity index (χ0) is 27.6. The second-order valence-electron chi connectivity index (χ2n) is 10.4. The van der Waals surface area contributed by atoms with E-state index in [0.717, 1.165) is 17.8 Å². The molecule has 2 aromatic heterocycles. The Morgan fingerprint density at radius 3 is 2.24 bits per heavy atom. The number of nitrogens with one attached hydrogen (secondary N) is 1. The van der Waals surface area contributed by atoms with Gasteiger partial charge in [-0.2, -0.15) is 13.2 Å². The highest BCUT2D eigenvalue weighted by Gasteiger charge is 2.30. The van der Waals surface area contributed by atoms with Crippen LogP contribution in [0.5, 0.6) is 0 Å². The summed E-state index contributed by atoms with van der Waals surface area (Å²) in [7, 11) is 0. The van der Waals surface area contributed by atoms with Crippen molar-refractivity contribution >= 4 is 34.9 Å². The van der Waals surface area contributed by atoms with Crippen molar-refractivity contribution in [3.63, 3.8) is 0 Å². The number of amides is 1. The number of ether oxygens (including phenoxy) is 2. The van der Waals surface area contributed by atoms with Gasteiger partial charge < -0.3 is 9.47 Å². The van der Waals surface area contributed by atoms with Gasteiger partial charge in [-0.25, -0.2) is 9.59 Å². The quantitative estimate of drug-likeness (QED) is 0.389. The van der Waals surface area contributed by atoms with Gasteiger partial charge in [-0.05, 0) is 83.9 Å². The number of rotatable bonds is 4. The van der Waals surface area contributed by atoms with E-state index in [0.29, 0.717) is 28.7 Å². The van der Waals surface area contributed by atoms with E-state index in [4.69, 9.17) is 9.47 Å². The maximum absolute atomic E-state index is 12.8. The topological polar surface area (TPSA) is 82.5 Å². The molecule has 0 aliphatic rings. The van der Waals surface area contributed by atoms with Crippen LogP contribution in [0.1, 0.15) is 58.4 Å². The highest BCUT2D eigenvalue weighted by molar-refractivity contribution is 6.03. The van der Waals surface area contributed by atoms with Crippen LogP contribution in [-0.4, -0.2) is 32.9 Å². The molecule has 0 bridgehead atoms. The maximum Gasteiger partial charge on any atom is 0.419 e. The minimum atomic E-state index is -4.44. The SMILES string of the molecule is CC(C)(C)OC(=O)Nc1cn(C(=O)OC(C)(C)C)c2ccc(CC=Cc3ccc(C(F)(F)F)cn3)cc12. The summed E-state index contributed by atoms with van der Waals surface area (Å²) in [5.41, 5.74) is -0.126. The van der Waals surface area contributed by atoms with Gasteiger partial charge in [-0.1, -0.05) is 12.1 Å². The summed E-state index contributed by atoms with van der Waals surface area (Å²) in [6.07, 6.45) is 0.380. The van der Waals surface area contributed by atoms with Gasteiger partial charge in [0.15, 0.2) is 0 Å².